The van der Waals surface area contributed by atoms with E-state index in [1.54, 1.807) is 31.2 Å². The summed E-state index contributed by atoms with van der Waals surface area (Å²) in [5.41, 5.74) is 2.67. The summed E-state index contributed by atoms with van der Waals surface area (Å²) in [7, 11) is 0. The van der Waals surface area contributed by atoms with Gasteiger partial charge in [0.05, 0.1) is 0 Å². The lowest BCUT2D eigenvalue weighted by atomic mass is 10.0. The highest BCUT2D eigenvalue weighted by molar-refractivity contribution is 9.10. The molecule has 0 saturated carbocycles. The molecule has 2 aromatic rings. The van der Waals surface area contributed by atoms with E-state index in [0.29, 0.717) is 16.0 Å². The van der Waals surface area contributed by atoms with Crippen LogP contribution in [0.5, 0.6) is 0 Å². The van der Waals surface area contributed by atoms with Gasteiger partial charge in [0.15, 0.2) is 10.8 Å². The second-order valence-electron chi connectivity index (χ2n) is 5.22. The van der Waals surface area contributed by atoms with Crippen LogP contribution in [0.2, 0.25) is 0 Å². The van der Waals surface area contributed by atoms with E-state index in [1.807, 2.05) is 19.9 Å². The lowest BCUT2D eigenvalue weighted by molar-refractivity contribution is -0.140. The van der Waals surface area contributed by atoms with Crippen LogP contribution in [-0.4, -0.2) is 17.9 Å². The van der Waals surface area contributed by atoms with Crippen LogP contribution >= 0.6 is 15.9 Å². The van der Waals surface area contributed by atoms with E-state index in [9.17, 15) is 9.59 Å². The molecule has 1 heterocycles. The summed E-state index contributed by atoms with van der Waals surface area (Å²) in [5.74, 6) is -0.306. The van der Waals surface area contributed by atoms with Crippen LogP contribution in [0.1, 0.15) is 34.2 Å². The summed E-state index contributed by atoms with van der Waals surface area (Å²) in [5, 5.41) is 0. The summed E-state index contributed by atoms with van der Waals surface area (Å²) in [6, 6.07) is 8.85. The van der Waals surface area contributed by atoms with Crippen molar-refractivity contribution >= 4 is 33.8 Å². The maximum absolute atomic E-state index is 12.3. The second-order valence-corrected chi connectivity index (χ2v) is 6.00. The Morgan fingerprint density at radius 1 is 1.17 bits per heavy atom. The number of Topliss-reactive ketones (excluding diaryl/α,β-unsaturated/α-hetero) is 1. The predicted molar refractivity (Wildman–Crippen MR) is 91.2 cm³/mol. The minimum Gasteiger partial charge on any atom is -0.451 e. The van der Waals surface area contributed by atoms with Gasteiger partial charge in [-0.05, 0) is 72.1 Å². The van der Waals surface area contributed by atoms with E-state index in [4.69, 9.17) is 9.15 Å². The van der Waals surface area contributed by atoms with Gasteiger partial charge in [-0.15, -0.1) is 0 Å². The summed E-state index contributed by atoms with van der Waals surface area (Å²) >= 11 is 3.17. The Bertz CT molecular complexity index is 758. The molecule has 5 heteroatoms. The van der Waals surface area contributed by atoms with Gasteiger partial charge in [0.1, 0.15) is 5.76 Å². The molecule has 1 aromatic carbocycles. The van der Waals surface area contributed by atoms with Crippen LogP contribution in [0.15, 0.2) is 45.5 Å². The van der Waals surface area contributed by atoms with Gasteiger partial charge in [-0.25, -0.2) is 4.79 Å². The van der Waals surface area contributed by atoms with Gasteiger partial charge < -0.3 is 9.15 Å². The van der Waals surface area contributed by atoms with Crippen molar-refractivity contribution in [3.05, 3.63) is 63.5 Å². The quantitative estimate of drug-likeness (QED) is 0.438. The molecule has 23 heavy (non-hydrogen) atoms. The van der Waals surface area contributed by atoms with Gasteiger partial charge in [-0.3, -0.25) is 4.79 Å². The number of carbonyl (C=O) groups is 2. The standard InChI is InChI=1S/C18H17BrO4/c1-11-4-5-14(10-12(11)2)18(21)13(3)22-17(20)9-7-15-6-8-16(19)23-15/h4-10,13H,1-3H3/b9-7+/t13-/m1/s1. The third-order valence-corrected chi connectivity index (χ3v) is 3.86. The van der Waals surface area contributed by atoms with Gasteiger partial charge >= 0.3 is 5.97 Å². The predicted octanol–water partition coefficient (Wildman–Crippen LogP) is 4.49. The third kappa shape index (κ3) is 4.66. The number of hydrogen-bond acceptors (Lipinski definition) is 4. The summed E-state index contributed by atoms with van der Waals surface area (Å²) < 4.78 is 10.9. The van der Waals surface area contributed by atoms with E-state index >= 15 is 0 Å². The SMILES string of the molecule is Cc1ccc(C(=O)[C@@H](C)OC(=O)/C=C/c2ccc(Br)o2)cc1C. The first-order chi connectivity index (χ1) is 10.9. The van der Waals surface area contributed by atoms with Crippen molar-refractivity contribution in [3.8, 4) is 0 Å². The molecule has 0 unspecified atom stereocenters. The largest absolute Gasteiger partial charge is 0.451 e. The average molecular weight is 377 g/mol. The highest BCUT2D eigenvalue weighted by Crippen LogP contribution is 2.16. The number of aryl methyl sites for hydroxylation is 2. The van der Waals surface area contributed by atoms with Gasteiger partial charge in [0.25, 0.3) is 0 Å². The molecule has 0 aliphatic heterocycles. The molecule has 0 saturated heterocycles. The fourth-order valence-electron chi connectivity index (χ4n) is 1.96. The van der Waals surface area contributed by atoms with Crippen molar-refractivity contribution in [2.24, 2.45) is 0 Å². The Morgan fingerprint density at radius 2 is 1.91 bits per heavy atom. The van der Waals surface area contributed by atoms with Crippen LogP contribution in [0.3, 0.4) is 0 Å². The van der Waals surface area contributed by atoms with Crippen molar-refractivity contribution < 1.29 is 18.7 Å². The lowest BCUT2D eigenvalue weighted by Gasteiger charge is -2.11. The van der Waals surface area contributed by atoms with Gasteiger partial charge in [0.2, 0.25) is 5.78 Å². The van der Waals surface area contributed by atoms with Crippen molar-refractivity contribution in [2.75, 3.05) is 0 Å². The Morgan fingerprint density at radius 3 is 2.52 bits per heavy atom. The number of furan rings is 1. The summed E-state index contributed by atoms with van der Waals surface area (Å²) in [4.78, 5) is 24.1. The Labute approximate surface area is 143 Å². The molecule has 0 aliphatic rings. The highest BCUT2D eigenvalue weighted by Gasteiger charge is 2.18. The van der Waals surface area contributed by atoms with Crippen molar-refractivity contribution in [1.29, 1.82) is 0 Å². The maximum Gasteiger partial charge on any atom is 0.331 e. The molecule has 0 spiro atoms. The van der Waals surface area contributed by atoms with E-state index in [2.05, 4.69) is 15.9 Å². The zero-order valence-electron chi connectivity index (χ0n) is 13.1. The number of ketones is 1. The molecule has 1 aromatic heterocycles. The molecule has 1 atom stereocenters. The summed E-state index contributed by atoms with van der Waals surface area (Å²) in [6.45, 7) is 5.48. The fourth-order valence-corrected chi connectivity index (χ4v) is 2.28. The van der Waals surface area contributed by atoms with Crippen LogP contribution < -0.4 is 0 Å². The molecule has 120 valence electrons. The number of ether oxygens (including phenoxy) is 1. The van der Waals surface area contributed by atoms with E-state index < -0.39 is 12.1 Å². The van der Waals surface area contributed by atoms with Gasteiger partial charge in [0, 0.05) is 11.6 Å². The third-order valence-electron chi connectivity index (χ3n) is 3.43. The normalized spacial score (nSPS) is 12.3. The second kappa shape index (κ2) is 7.42. The zero-order valence-corrected chi connectivity index (χ0v) is 14.7. The maximum atomic E-state index is 12.3. The molecule has 2 rings (SSSR count). The van der Waals surface area contributed by atoms with Crippen LogP contribution in [0.25, 0.3) is 6.08 Å². The first-order valence-electron chi connectivity index (χ1n) is 7.12. The first kappa shape index (κ1) is 17.2. The molecule has 0 radical (unpaired) electrons. The molecule has 0 fully saturated rings. The molecule has 0 N–H and O–H groups in total. The number of rotatable bonds is 5. The Hall–Kier alpha value is -2.14. The Balaban J connectivity index is 1.98. The number of halogens is 1. The van der Waals surface area contributed by atoms with Crippen molar-refractivity contribution in [1.82, 2.24) is 0 Å². The topological polar surface area (TPSA) is 56.5 Å². The first-order valence-corrected chi connectivity index (χ1v) is 7.91. The van der Waals surface area contributed by atoms with Gasteiger partial charge in [-0.1, -0.05) is 12.1 Å². The fraction of sp³-hybridized carbons (Fsp3) is 0.222. The minimum absolute atomic E-state index is 0.226. The molecular formula is C18H17BrO4. The average Bonchev–Trinajstić information content (AvgIpc) is 2.93. The van der Waals surface area contributed by atoms with Crippen LogP contribution in [-0.2, 0) is 9.53 Å². The Kier molecular flexibility index (Phi) is 5.55. The van der Waals surface area contributed by atoms with E-state index in [1.165, 1.54) is 12.2 Å². The smallest absolute Gasteiger partial charge is 0.331 e. The van der Waals surface area contributed by atoms with E-state index in [0.717, 1.165) is 11.1 Å². The molecule has 4 nitrogen and oxygen atoms in total. The molecule has 0 bridgehead atoms. The highest BCUT2D eigenvalue weighted by atomic mass is 79.9. The number of hydrogen-bond donors (Lipinski definition) is 0. The summed E-state index contributed by atoms with van der Waals surface area (Å²) in [6.07, 6.45) is 1.87. The van der Waals surface area contributed by atoms with E-state index in [-0.39, 0.29) is 5.78 Å². The number of benzene rings is 1. The monoisotopic (exact) mass is 376 g/mol. The lowest BCUT2D eigenvalue weighted by Crippen LogP contribution is -2.23. The van der Waals surface area contributed by atoms with Crippen LogP contribution in [0, 0.1) is 13.8 Å². The molecular weight excluding hydrogens is 360 g/mol. The zero-order chi connectivity index (χ0) is 17.0. The van der Waals surface area contributed by atoms with Gasteiger partial charge in [-0.2, -0.15) is 0 Å². The number of carbonyl (C=O) groups excluding carboxylic acids is 2. The number of esters is 1. The molecule has 0 aliphatic carbocycles. The van der Waals surface area contributed by atoms with Crippen LogP contribution in [0.4, 0.5) is 0 Å². The molecule has 0 amide bonds. The minimum atomic E-state index is -0.849. The van der Waals surface area contributed by atoms with Crippen molar-refractivity contribution in [3.63, 3.8) is 0 Å². The van der Waals surface area contributed by atoms with Crippen molar-refractivity contribution in [2.45, 2.75) is 26.9 Å².